The first-order valence-electron chi connectivity index (χ1n) is 5.22. The van der Waals surface area contributed by atoms with Crippen LogP contribution in [0.5, 0.6) is 0 Å². The quantitative estimate of drug-likeness (QED) is 0.766. The van der Waals surface area contributed by atoms with Crippen molar-refractivity contribution in [3.8, 4) is 0 Å². The summed E-state index contributed by atoms with van der Waals surface area (Å²) < 4.78 is 0. The van der Waals surface area contributed by atoms with Crippen molar-refractivity contribution >= 4 is 17.6 Å². The number of hydrogen-bond acceptors (Lipinski definition) is 3. The minimum Gasteiger partial charge on any atom is -0.478 e. The molecule has 0 aliphatic rings. The SMILES string of the molecule is Cc1ncc(C(=O)Nc2ccc(C(=O)O)cc2)[nH]1. The molecule has 0 saturated carbocycles. The summed E-state index contributed by atoms with van der Waals surface area (Å²) in [4.78, 5) is 29.1. The van der Waals surface area contributed by atoms with Crippen LogP contribution < -0.4 is 5.32 Å². The Hall–Kier alpha value is -2.63. The van der Waals surface area contributed by atoms with E-state index in [4.69, 9.17) is 5.11 Å². The van der Waals surface area contributed by atoms with Crippen molar-refractivity contribution in [2.24, 2.45) is 0 Å². The summed E-state index contributed by atoms with van der Waals surface area (Å²) >= 11 is 0. The lowest BCUT2D eigenvalue weighted by molar-refractivity contribution is 0.0696. The van der Waals surface area contributed by atoms with Crippen LogP contribution in [0.1, 0.15) is 26.7 Å². The summed E-state index contributed by atoms with van der Waals surface area (Å²) in [6, 6.07) is 5.92. The molecule has 2 rings (SSSR count). The van der Waals surface area contributed by atoms with Crippen molar-refractivity contribution in [2.45, 2.75) is 6.92 Å². The van der Waals surface area contributed by atoms with Crippen LogP contribution in [0.2, 0.25) is 0 Å². The first-order chi connectivity index (χ1) is 8.56. The molecular weight excluding hydrogens is 234 g/mol. The van der Waals surface area contributed by atoms with Gasteiger partial charge in [-0.2, -0.15) is 0 Å². The van der Waals surface area contributed by atoms with E-state index in [0.717, 1.165) is 0 Å². The monoisotopic (exact) mass is 245 g/mol. The third-order valence-corrected chi connectivity index (χ3v) is 2.34. The molecule has 1 heterocycles. The third kappa shape index (κ3) is 2.54. The average molecular weight is 245 g/mol. The van der Waals surface area contributed by atoms with Crippen molar-refractivity contribution in [3.05, 3.63) is 47.5 Å². The molecule has 1 aromatic heterocycles. The van der Waals surface area contributed by atoms with Gasteiger partial charge in [-0.1, -0.05) is 0 Å². The Morgan fingerprint density at radius 1 is 1.28 bits per heavy atom. The molecule has 0 aliphatic carbocycles. The maximum atomic E-state index is 11.7. The lowest BCUT2D eigenvalue weighted by Gasteiger charge is -2.03. The number of nitrogens with one attached hydrogen (secondary N) is 2. The lowest BCUT2D eigenvalue weighted by atomic mass is 10.2. The van der Waals surface area contributed by atoms with Gasteiger partial charge in [-0.15, -0.1) is 0 Å². The number of carboxylic acid groups (broad SMARTS) is 1. The molecule has 3 N–H and O–H groups in total. The molecule has 0 radical (unpaired) electrons. The van der Waals surface area contributed by atoms with Crippen molar-refractivity contribution in [1.82, 2.24) is 9.97 Å². The zero-order valence-electron chi connectivity index (χ0n) is 9.60. The normalized spacial score (nSPS) is 10.1. The Labute approximate surface area is 103 Å². The van der Waals surface area contributed by atoms with Crippen LogP contribution in [0.25, 0.3) is 0 Å². The number of imidazole rings is 1. The highest BCUT2D eigenvalue weighted by Gasteiger charge is 2.09. The highest BCUT2D eigenvalue weighted by atomic mass is 16.4. The van der Waals surface area contributed by atoms with Gasteiger partial charge in [0.15, 0.2) is 0 Å². The molecule has 18 heavy (non-hydrogen) atoms. The largest absolute Gasteiger partial charge is 0.478 e. The minimum absolute atomic E-state index is 0.172. The van der Waals surface area contributed by atoms with Gasteiger partial charge >= 0.3 is 5.97 Å². The van der Waals surface area contributed by atoms with E-state index in [1.807, 2.05) is 0 Å². The van der Waals surface area contributed by atoms with E-state index in [0.29, 0.717) is 17.2 Å². The molecule has 0 bridgehead atoms. The number of anilines is 1. The Kier molecular flexibility index (Phi) is 3.09. The van der Waals surface area contributed by atoms with Crippen LogP contribution in [0.3, 0.4) is 0 Å². The zero-order valence-corrected chi connectivity index (χ0v) is 9.60. The topological polar surface area (TPSA) is 95.1 Å². The van der Waals surface area contributed by atoms with Crippen LogP contribution in [-0.4, -0.2) is 27.0 Å². The van der Waals surface area contributed by atoms with Crippen LogP contribution >= 0.6 is 0 Å². The van der Waals surface area contributed by atoms with Gasteiger partial charge in [-0.3, -0.25) is 4.79 Å². The molecule has 0 atom stereocenters. The molecule has 0 fully saturated rings. The molecule has 6 heteroatoms. The van der Waals surface area contributed by atoms with Crippen molar-refractivity contribution in [1.29, 1.82) is 0 Å². The van der Waals surface area contributed by atoms with Gasteiger partial charge in [-0.05, 0) is 31.2 Å². The number of carbonyl (C=O) groups excluding carboxylic acids is 1. The van der Waals surface area contributed by atoms with E-state index in [9.17, 15) is 9.59 Å². The summed E-state index contributed by atoms with van der Waals surface area (Å²) in [5.74, 6) is -0.669. The molecule has 92 valence electrons. The fraction of sp³-hybridized carbons (Fsp3) is 0.0833. The molecule has 1 aromatic carbocycles. The number of nitrogens with zero attached hydrogens (tertiary/aromatic N) is 1. The molecule has 1 amide bonds. The average Bonchev–Trinajstić information content (AvgIpc) is 2.76. The van der Waals surface area contributed by atoms with Crippen LogP contribution in [0.15, 0.2) is 30.5 Å². The van der Waals surface area contributed by atoms with E-state index in [1.54, 1.807) is 6.92 Å². The number of aromatic carboxylic acids is 1. The van der Waals surface area contributed by atoms with E-state index >= 15 is 0 Å². The van der Waals surface area contributed by atoms with Crippen LogP contribution in [0.4, 0.5) is 5.69 Å². The van der Waals surface area contributed by atoms with Crippen molar-refractivity contribution in [2.75, 3.05) is 5.32 Å². The Morgan fingerprint density at radius 3 is 2.44 bits per heavy atom. The number of carboxylic acids is 1. The Morgan fingerprint density at radius 2 is 1.94 bits per heavy atom. The number of rotatable bonds is 3. The Bertz CT molecular complexity index is 587. The highest BCUT2D eigenvalue weighted by Crippen LogP contribution is 2.10. The molecule has 0 aliphatic heterocycles. The summed E-state index contributed by atoms with van der Waals surface area (Å²) in [5, 5.41) is 11.4. The second-order valence-electron chi connectivity index (χ2n) is 3.72. The first-order valence-corrected chi connectivity index (χ1v) is 5.22. The number of hydrogen-bond donors (Lipinski definition) is 3. The number of amides is 1. The molecule has 0 spiro atoms. The zero-order chi connectivity index (χ0) is 13.1. The van der Waals surface area contributed by atoms with Gasteiger partial charge < -0.3 is 15.4 Å². The number of aromatic amines is 1. The second-order valence-corrected chi connectivity index (χ2v) is 3.72. The van der Waals surface area contributed by atoms with E-state index in [1.165, 1.54) is 30.5 Å². The van der Waals surface area contributed by atoms with Crippen LogP contribution in [-0.2, 0) is 0 Å². The van der Waals surface area contributed by atoms with Gasteiger partial charge in [0, 0.05) is 5.69 Å². The number of H-pyrrole nitrogens is 1. The standard InChI is InChI=1S/C12H11N3O3/c1-7-13-6-10(14-7)11(16)15-9-4-2-8(3-5-9)12(17)18/h2-6H,1H3,(H,13,14)(H,15,16)(H,17,18). The van der Waals surface area contributed by atoms with Gasteiger partial charge in [0.05, 0.1) is 11.8 Å². The predicted molar refractivity (Wildman–Crippen MR) is 64.7 cm³/mol. The van der Waals surface area contributed by atoms with Crippen LogP contribution in [0, 0.1) is 6.92 Å². The van der Waals surface area contributed by atoms with E-state index < -0.39 is 5.97 Å². The first kappa shape index (κ1) is 11.8. The van der Waals surface area contributed by atoms with Gasteiger partial charge in [-0.25, -0.2) is 9.78 Å². The summed E-state index contributed by atoms with van der Waals surface area (Å²) in [6.07, 6.45) is 1.44. The van der Waals surface area contributed by atoms with Crippen molar-refractivity contribution < 1.29 is 14.7 Å². The maximum absolute atomic E-state index is 11.7. The fourth-order valence-electron chi connectivity index (χ4n) is 1.43. The number of aromatic nitrogens is 2. The summed E-state index contributed by atoms with van der Waals surface area (Å²) in [6.45, 7) is 1.75. The highest BCUT2D eigenvalue weighted by molar-refractivity contribution is 6.03. The smallest absolute Gasteiger partial charge is 0.335 e. The molecule has 2 aromatic rings. The predicted octanol–water partition coefficient (Wildman–Crippen LogP) is 1.67. The number of benzene rings is 1. The third-order valence-electron chi connectivity index (χ3n) is 2.34. The summed E-state index contributed by atoms with van der Waals surface area (Å²) in [5.41, 5.74) is 1.05. The maximum Gasteiger partial charge on any atom is 0.335 e. The van der Waals surface area contributed by atoms with Gasteiger partial charge in [0.1, 0.15) is 11.5 Å². The number of carbonyl (C=O) groups is 2. The fourth-order valence-corrected chi connectivity index (χ4v) is 1.43. The minimum atomic E-state index is -1.00. The molecular formula is C12H11N3O3. The number of aryl methyl sites for hydroxylation is 1. The lowest BCUT2D eigenvalue weighted by Crippen LogP contribution is -2.12. The van der Waals surface area contributed by atoms with Crippen molar-refractivity contribution in [3.63, 3.8) is 0 Å². The second kappa shape index (κ2) is 4.70. The molecule has 0 saturated heterocycles. The van der Waals surface area contributed by atoms with E-state index in [2.05, 4.69) is 15.3 Å². The van der Waals surface area contributed by atoms with E-state index in [-0.39, 0.29) is 11.5 Å². The molecule has 0 unspecified atom stereocenters. The van der Waals surface area contributed by atoms with Gasteiger partial charge in [0.2, 0.25) is 0 Å². The Balaban J connectivity index is 2.10. The summed E-state index contributed by atoms with van der Waals surface area (Å²) in [7, 11) is 0. The molecule has 6 nitrogen and oxygen atoms in total. The van der Waals surface area contributed by atoms with Gasteiger partial charge in [0.25, 0.3) is 5.91 Å².